The maximum Gasteiger partial charge on any atom is 0.278 e. The minimum absolute atomic E-state index is 0.0714. The lowest BCUT2D eigenvalue weighted by Gasteiger charge is -2.15. The van der Waals surface area contributed by atoms with Gasteiger partial charge < -0.3 is 5.32 Å². The second-order valence-electron chi connectivity index (χ2n) is 7.29. The number of pyridine rings is 1. The Balaban J connectivity index is 1.73. The number of aryl methyl sites for hydroxylation is 1. The fourth-order valence-electron chi connectivity index (χ4n) is 3.50. The summed E-state index contributed by atoms with van der Waals surface area (Å²) in [5.74, 6) is -0.938. The van der Waals surface area contributed by atoms with Gasteiger partial charge in [0, 0.05) is 30.2 Å². The number of aromatic nitrogens is 1. The number of hydrogen-bond donors (Lipinski definition) is 1. The lowest BCUT2D eigenvalue weighted by Crippen LogP contribution is -2.32. The van der Waals surface area contributed by atoms with Crippen LogP contribution in [0.1, 0.15) is 23.6 Å². The van der Waals surface area contributed by atoms with Crippen LogP contribution in [0.4, 0.5) is 11.4 Å². The highest BCUT2D eigenvalue weighted by atomic mass is 16.6. The molecule has 4 rings (SSSR count). The van der Waals surface area contributed by atoms with Gasteiger partial charge in [-0.05, 0) is 53.4 Å². The van der Waals surface area contributed by atoms with Crippen molar-refractivity contribution in [3.05, 3.63) is 106 Å². The van der Waals surface area contributed by atoms with Crippen LogP contribution in [0.2, 0.25) is 0 Å². The van der Waals surface area contributed by atoms with Crippen molar-refractivity contribution in [1.82, 2.24) is 9.88 Å². The topological polar surface area (TPSA) is 105 Å². The average molecular weight is 428 g/mol. The summed E-state index contributed by atoms with van der Waals surface area (Å²) >= 11 is 0. The fourth-order valence-corrected chi connectivity index (χ4v) is 3.50. The Kier molecular flexibility index (Phi) is 5.76. The lowest BCUT2D eigenvalue weighted by molar-refractivity contribution is -0.384. The summed E-state index contributed by atoms with van der Waals surface area (Å²) < 4.78 is 0. The Morgan fingerprint density at radius 3 is 2.28 bits per heavy atom. The van der Waals surface area contributed by atoms with Crippen molar-refractivity contribution in [1.29, 1.82) is 0 Å². The molecule has 0 unspecified atom stereocenters. The van der Waals surface area contributed by atoms with Crippen molar-refractivity contribution >= 4 is 28.8 Å². The number of carbonyl (C=O) groups is 2. The maximum absolute atomic E-state index is 13.3. The number of anilines is 1. The van der Waals surface area contributed by atoms with Crippen molar-refractivity contribution in [2.75, 3.05) is 5.32 Å². The van der Waals surface area contributed by atoms with Gasteiger partial charge in [-0.25, -0.2) is 0 Å². The molecule has 0 saturated carbocycles. The highest BCUT2D eigenvalue weighted by Crippen LogP contribution is 2.32. The summed E-state index contributed by atoms with van der Waals surface area (Å²) in [4.78, 5) is 42.2. The molecule has 1 aromatic heterocycles. The summed E-state index contributed by atoms with van der Waals surface area (Å²) in [7, 11) is 0. The van der Waals surface area contributed by atoms with Crippen LogP contribution in [0.5, 0.6) is 0 Å². The third kappa shape index (κ3) is 4.11. The molecule has 32 heavy (non-hydrogen) atoms. The highest BCUT2D eigenvalue weighted by Gasteiger charge is 2.39. The Labute approximate surface area is 184 Å². The Bertz CT molecular complexity index is 1200. The van der Waals surface area contributed by atoms with Crippen LogP contribution in [0.15, 0.2) is 78.8 Å². The van der Waals surface area contributed by atoms with Gasteiger partial charge in [0.25, 0.3) is 17.5 Å². The van der Waals surface area contributed by atoms with E-state index in [0.717, 1.165) is 16.9 Å². The highest BCUT2D eigenvalue weighted by molar-refractivity contribution is 6.36. The number of nitrogens with zero attached hydrogens (tertiary/aromatic N) is 3. The Morgan fingerprint density at radius 1 is 0.969 bits per heavy atom. The number of amides is 2. The molecule has 2 aromatic carbocycles. The van der Waals surface area contributed by atoms with Crippen LogP contribution in [0.3, 0.4) is 0 Å². The molecule has 8 nitrogen and oxygen atoms in total. The van der Waals surface area contributed by atoms with Crippen molar-refractivity contribution in [3.63, 3.8) is 0 Å². The van der Waals surface area contributed by atoms with E-state index >= 15 is 0 Å². The molecule has 160 valence electrons. The average Bonchev–Trinajstić information content (AvgIpc) is 3.04. The van der Waals surface area contributed by atoms with Crippen LogP contribution < -0.4 is 5.32 Å². The van der Waals surface area contributed by atoms with Crippen LogP contribution >= 0.6 is 0 Å². The molecule has 0 atom stereocenters. The summed E-state index contributed by atoms with van der Waals surface area (Å²) in [5, 5.41) is 14.1. The molecule has 0 fully saturated rings. The van der Waals surface area contributed by atoms with Gasteiger partial charge in [-0.1, -0.05) is 25.1 Å². The zero-order valence-corrected chi connectivity index (χ0v) is 17.3. The van der Waals surface area contributed by atoms with E-state index in [4.69, 9.17) is 0 Å². The minimum atomic E-state index is -0.511. The quantitative estimate of drug-likeness (QED) is 0.347. The zero-order valence-electron chi connectivity index (χ0n) is 17.3. The lowest BCUT2D eigenvalue weighted by atomic mass is 10.0. The third-order valence-electron chi connectivity index (χ3n) is 5.23. The summed E-state index contributed by atoms with van der Waals surface area (Å²) in [6, 6.07) is 16.7. The van der Waals surface area contributed by atoms with E-state index in [2.05, 4.69) is 10.3 Å². The standard InChI is InChI=1S/C24H20N4O4/c1-2-16-5-9-19(10-6-16)26-22-21(18-7-11-20(12-8-18)28(31)32)23(29)27(24(22)30)15-17-4-3-13-25-14-17/h3-14,26H,2,15H2,1H3. The van der Waals surface area contributed by atoms with Gasteiger partial charge in [-0.2, -0.15) is 0 Å². The number of hydrogen-bond acceptors (Lipinski definition) is 6. The van der Waals surface area contributed by atoms with Crippen molar-refractivity contribution in [2.45, 2.75) is 19.9 Å². The first-order chi connectivity index (χ1) is 15.5. The van der Waals surface area contributed by atoms with E-state index in [1.807, 2.05) is 31.2 Å². The number of non-ortho nitro benzene ring substituents is 1. The molecule has 2 amide bonds. The van der Waals surface area contributed by atoms with Gasteiger partial charge in [0.15, 0.2) is 0 Å². The van der Waals surface area contributed by atoms with Gasteiger partial charge in [-0.15, -0.1) is 0 Å². The molecule has 0 spiro atoms. The minimum Gasteiger partial charge on any atom is -0.350 e. The van der Waals surface area contributed by atoms with Crippen molar-refractivity contribution in [3.8, 4) is 0 Å². The van der Waals surface area contributed by atoms with Gasteiger partial charge in [0.05, 0.1) is 17.0 Å². The van der Waals surface area contributed by atoms with Crippen LogP contribution in [-0.2, 0) is 22.6 Å². The Hall–Kier alpha value is -4.33. The third-order valence-corrected chi connectivity index (χ3v) is 5.23. The first kappa shape index (κ1) is 20.9. The van der Waals surface area contributed by atoms with Gasteiger partial charge >= 0.3 is 0 Å². The number of rotatable bonds is 7. The molecule has 1 aliphatic rings. The Morgan fingerprint density at radius 2 is 1.69 bits per heavy atom. The number of nitro groups is 1. The number of benzene rings is 2. The summed E-state index contributed by atoms with van der Waals surface area (Å²) in [6.07, 6.45) is 4.10. The van der Waals surface area contributed by atoms with E-state index in [1.54, 1.807) is 24.5 Å². The maximum atomic E-state index is 13.3. The SMILES string of the molecule is CCc1ccc(NC2=C(c3ccc([N+](=O)[O-])cc3)C(=O)N(Cc3cccnc3)C2=O)cc1. The molecule has 0 bridgehead atoms. The molecule has 1 aliphatic heterocycles. The molecule has 8 heteroatoms. The van der Waals surface area contributed by atoms with E-state index in [9.17, 15) is 19.7 Å². The normalized spacial score (nSPS) is 13.6. The number of imide groups is 1. The number of nitro benzene ring substituents is 1. The zero-order chi connectivity index (χ0) is 22.7. The molecule has 0 radical (unpaired) electrons. The second kappa shape index (κ2) is 8.81. The van der Waals surface area contributed by atoms with Crippen LogP contribution in [0.25, 0.3) is 5.57 Å². The van der Waals surface area contributed by atoms with Crippen molar-refractivity contribution < 1.29 is 14.5 Å². The summed E-state index contributed by atoms with van der Waals surface area (Å²) in [5.41, 5.74) is 3.17. The first-order valence-electron chi connectivity index (χ1n) is 10.1. The molecular formula is C24H20N4O4. The molecule has 0 aliphatic carbocycles. The largest absolute Gasteiger partial charge is 0.350 e. The van der Waals surface area contributed by atoms with Gasteiger partial charge in [-0.3, -0.25) is 29.6 Å². The van der Waals surface area contributed by atoms with Gasteiger partial charge in [0.2, 0.25) is 0 Å². The monoisotopic (exact) mass is 428 g/mol. The van der Waals surface area contributed by atoms with Crippen LogP contribution in [0, 0.1) is 10.1 Å². The van der Waals surface area contributed by atoms with Gasteiger partial charge in [0.1, 0.15) is 5.70 Å². The summed E-state index contributed by atoms with van der Waals surface area (Å²) in [6.45, 7) is 2.12. The fraction of sp³-hybridized carbons (Fsp3) is 0.125. The molecule has 3 aromatic rings. The van der Waals surface area contributed by atoms with E-state index < -0.39 is 16.7 Å². The predicted octanol–water partition coefficient (Wildman–Crippen LogP) is 3.94. The molecule has 1 N–H and O–H groups in total. The van der Waals surface area contributed by atoms with E-state index in [0.29, 0.717) is 16.8 Å². The molecular weight excluding hydrogens is 408 g/mol. The van der Waals surface area contributed by atoms with E-state index in [-0.39, 0.29) is 23.5 Å². The van der Waals surface area contributed by atoms with E-state index in [1.165, 1.54) is 24.3 Å². The second-order valence-corrected chi connectivity index (χ2v) is 7.29. The smallest absolute Gasteiger partial charge is 0.278 e. The number of carbonyl (C=O) groups excluding carboxylic acids is 2. The molecule has 0 saturated heterocycles. The van der Waals surface area contributed by atoms with Crippen molar-refractivity contribution in [2.24, 2.45) is 0 Å². The number of nitrogens with one attached hydrogen (secondary N) is 1. The predicted molar refractivity (Wildman–Crippen MR) is 119 cm³/mol. The first-order valence-corrected chi connectivity index (χ1v) is 10.1. The molecule has 2 heterocycles. The van der Waals surface area contributed by atoms with Crippen LogP contribution in [-0.4, -0.2) is 26.6 Å².